The first-order valence-corrected chi connectivity index (χ1v) is 44.5. The average molecular weight is 1570 g/mol. The molecule has 16 aromatic carbocycles. The molecule has 0 radical (unpaired) electrons. The quantitative estimate of drug-likeness (QED) is 0.120. The van der Waals surface area contributed by atoms with Crippen LogP contribution in [-0.2, 0) is 54.1 Å². The largest absolute Gasteiger partial charge is 0.0579 e. The molecule has 0 saturated carbocycles. The maximum atomic E-state index is 2.51. The Bertz CT molecular complexity index is 5190. The van der Waals surface area contributed by atoms with E-state index in [2.05, 4.69) is 450 Å². The first kappa shape index (κ1) is 83.3. The summed E-state index contributed by atoms with van der Waals surface area (Å²) in [5, 5.41) is 12.9. The van der Waals surface area contributed by atoms with Crippen molar-refractivity contribution in [2.75, 3.05) is 0 Å². The van der Waals surface area contributed by atoms with Crippen LogP contribution in [-0.4, -0.2) is 0 Å². The molecule has 0 aliphatic rings. The van der Waals surface area contributed by atoms with Gasteiger partial charge in [0.1, 0.15) is 0 Å². The molecule has 0 nitrogen and oxygen atoms in total. The molecule has 0 bridgehead atoms. The van der Waals surface area contributed by atoms with Crippen molar-refractivity contribution in [3.8, 4) is 111 Å². The Morgan fingerprint density at radius 1 is 0.0917 bits per heavy atom. The topological polar surface area (TPSA) is 0 Å². The molecule has 0 heterocycles. The van der Waals surface area contributed by atoms with Gasteiger partial charge in [-0.15, -0.1) is 0 Å². The van der Waals surface area contributed by atoms with Gasteiger partial charge in [0.25, 0.3) is 0 Å². The van der Waals surface area contributed by atoms with E-state index in [4.69, 9.17) is 0 Å². The SMILES string of the molecule is CC(C)(C)c1ccc(-c2c(-c3ccc(C(C)(C)C)cc3)c3c(-c4ccc(C(C)(C)C)cc4)c(-c4ccc(C(C)(C)C)cc4)c4c(-c5ccc(C(C)(C)C)cc5)c(-c5ccc(C(C)(C)C)cc5)c5c(-c6ccc(C(C)(C)C)cc6)c(-c6ccc(C(C)(C)C)cc6)c6c(-c7ccc(C(C)(C)C)cc7)c(-c7ccc(C(C)(C)C)cc7)c2c2c3c4c5c62)cc1. The van der Waals surface area contributed by atoms with Crippen LogP contribution in [0.5, 0.6) is 0 Å². The minimum Gasteiger partial charge on any atom is -0.0579 e. The fourth-order valence-corrected chi connectivity index (χ4v) is 19.3. The van der Waals surface area contributed by atoms with Gasteiger partial charge < -0.3 is 0 Å². The second-order valence-electron chi connectivity index (χ2n) is 45.8. The molecule has 0 saturated heterocycles. The normalized spacial score (nSPS) is 13.4. The van der Waals surface area contributed by atoms with Gasteiger partial charge in [-0.2, -0.15) is 0 Å². The lowest BCUT2D eigenvalue weighted by atomic mass is 9.74. The molecular formula is C120H130. The van der Waals surface area contributed by atoms with Crippen molar-refractivity contribution in [1.82, 2.24) is 0 Å². The van der Waals surface area contributed by atoms with E-state index < -0.39 is 0 Å². The third-order valence-corrected chi connectivity index (χ3v) is 26.6. The fourth-order valence-electron chi connectivity index (χ4n) is 19.3. The van der Waals surface area contributed by atoms with Crippen molar-refractivity contribution in [3.63, 3.8) is 0 Å². The highest BCUT2D eigenvalue weighted by atomic mass is 14.4. The zero-order valence-corrected chi connectivity index (χ0v) is 78.1. The maximum absolute atomic E-state index is 2.51. The van der Waals surface area contributed by atoms with Crippen molar-refractivity contribution in [3.05, 3.63) is 298 Å². The van der Waals surface area contributed by atoms with Crippen LogP contribution in [0.15, 0.2) is 243 Å². The second-order valence-corrected chi connectivity index (χ2v) is 45.8. The molecule has 0 fully saturated rings. The molecule has 16 rings (SSSR count). The van der Waals surface area contributed by atoms with Crippen molar-refractivity contribution < 1.29 is 0 Å². The van der Waals surface area contributed by atoms with Crippen molar-refractivity contribution in [2.45, 2.75) is 262 Å². The van der Waals surface area contributed by atoms with Crippen molar-refractivity contribution in [1.29, 1.82) is 0 Å². The standard InChI is InChI=1S/C120H130/c1-111(2,3)81-51-31-71(32-52-81)91-92(72-33-53-82(54-34-72)112(4,5)6)102-95(75-39-59-85(60-40-75)115(13,14)15)96(76-41-61-86(62-42-76)116(16,17)18)104-99(79-47-67-89(68-48-79)119(25,26)27)100(80-49-69-90(70-50-80)120(28,29)30)105-98(78-45-65-88(66-46-78)118(22,23)24)97(77-43-63-87(64-44-77)117(19,20)21)103-94(74-37-57-84(58-38-74)114(10,11)12)93(73-35-55-83(56-36-73)113(7,8)9)101(91)106-107(102)109(104)110(105)108(103)106/h31-70H,1-30H3. The molecule has 0 heteroatoms. The predicted molar refractivity (Wildman–Crippen MR) is 529 cm³/mol. The van der Waals surface area contributed by atoms with E-state index in [1.54, 1.807) is 0 Å². The molecule has 0 aliphatic carbocycles. The Morgan fingerprint density at radius 3 is 0.217 bits per heavy atom. The summed E-state index contributed by atoms with van der Waals surface area (Å²) in [4.78, 5) is 0. The number of hydrogen-bond donors (Lipinski definition) is 0. The van der Waals surface area contributed by atoms with Gasteiger partial charge in [0.2, 0.25) is 0 Å². The lowest BCUT2D eigenvalue weighted by Crippen LogP contribution is -2.11. The summed E-state index contributed by atoms with van der Waals surface area (Å²) in [6, 6.07) is 99.3. The summed E-state index contributed by atoms with van der Waals surface area (Å²) in [6.45, 7) is 70.9. The van der Waals surface area contributed by atoms with E-state index in [9.17, 15) is 0 Å². The van der Waals surface area contributed by atoms with E-state index in [1.165, 1.54) is 221 Å². The average Bonchev–Trinajstić information content (AvgIpc) is 1.47. The van der Waals surface area contributed by atoms with Gasteiger partial charge in [-0.1, -0.05) is 450 Å². The van der Waals surface area contributed by atoms with E-state index in [0.29, 0.717) is 0 Å². The van der Waals surface area contributed by atoms with Crippen LogP contribution in [0, 0.1) is 0 Å². The highest BCUT2D eigenvalue weighted by molar-refractivity contribution is 6.56. The molecule has 16 aromatic rings. The summed E-state index contributed by atoms with van der Waals surface area (Å²) in [7, 11) is 0. The molecule has 0 N–H and O–H groups in total. The highest BCUT2D eigenvalue weighted by Gasteiger charge is 2.41. The Hall–Kier alpha value is -10.4. The lowest BCUT2D eigenvalue weighted by molar-refractivity contribution is 0.590. The Morgan fingerprint density at radius 2 is 0.158 bits per heavy atom. The third-order valence-electron chi connectivity index (χ3n) is 26.6. The number of hydrogen-bond acceptors (Lipinski definition) is 0. The van der Waals surface area contributed by atoms with Gasteiger partial charge in [-0.05, 0) is 275 Å². The molecule has 0 atom stereocenters. The van der Waals surface area contributed by atoms with Crippen LogP contribution < -0.4 is 0 Å². The van der Waals surface area contributed by atoms with Gasteiger partial charge >= 0.3 is 0 Å². The summed E-state index contributed by atoms with van der Waals surface area (Å²) in [6.07, 6.45) is 0. The van der Waals surface area contributed by atoms with E-state index in [0.717, 1.165) is 0 Å². The van der Waals surface area contributed by atoms with Crippen LogP contribution in [0.25, 0.3) is 165 Å². The van der Waals surface area contributed by atoms with Gasteiger partial charge in [-0.25, -0.2) is 0 Å². The van der Waals surface area contributed by atoms with E-state index in [1.807, 2.05) is 0 Å². The Labute approximate surface area is 720 Å². The molecule has 0 spiro atoms. The lowest BCUT2D eigenvalue weighted by Gasteiger charge is -2.29. The molecule has 0 aliphatic heterocycles. The first-order chi connectivity index (χ1) is 55.9. The molecule has 0 aromatic heterocycles. The van der Waals surface area contributed by atoms with Crippen molar-refractivity contribution in [2.24, 2.45) is 0 Å². The van der Waals surface area contributed by atoms with E-state index in [-0.39, 0.29) is 54.1 Å². The number of rotatable bonds is 10. The van der Waals surface area contributed by atoms with Gasteiger partial charge in [-0.3, -0.25) is 0 Å². The fraction of sp³-hybridized carbons (Fsp3) is 0.333. The third kappa shape index (κ3) is 14.6. The molecule has 610 valence electrons. The Kier molecular flexibility index (Phi) is 19.9. The van der Waals surface area contributed by atoms with Crippen molar-refractivity contribution >= 4 is 53.9 Å². The molecule has 0 unspecified atom stereocenters. The van der Waals surface area contributed by atoms with Crippen LogP contribution in [0.4, 0.5) is 0 Å². The monoisotopic (exact) mass is 1570 g/mol. The van der Waals surface area contributed by atoms with Gasteiger partial charge in [0.05, 0.1) is 0 Å². The summed E-state index contributed by atoms with van der Waals surface area (Å²) in [5.41, 5.74) is 36.0. The smallest absolute Gasteiger partial charge is 0.00000152 e. The zero-order chi connectivity index (χ0) is 86.4. The Balaban J connectivity index is 1.37. The molecule has 0 amide bonds. The van der Waals surface area contributed by atoms with Gasteiger partial charge in [0, 0.05) is 0 Å². The minimum atomic E-state index is -0.119. The van der Waals surface area contributed by atoms with Crippen LogP contribution in [0.1, 0.15) is 263 Å². The summed E-state index contributed by atoms with van der Waals surface area (Å²) in [5.74, 6) is 0. The van der Waals surface area contributed by atoms with Crippen LogP contribution in [0.2, 0.25) is 0 Å². The van der Waals surface area contributed by atoms with Crippen LogP contribution in [0.3, 0.4) is 0 Å². The second kappa shape index (κ2) is 28.6. The molecular weight excluding hydrogens is 1440 g/mol. The highest BCUT2D eigenvalue weighted by Crippen LogP contribution is 2.68. The zero-order valence-electron chi connectivity index (χ0n) is 78.1. The summed E-state index contributed by atoms with van der Waals surface area (Å²) < 4.78 is 0. The predicted octanol–water partition coefficient (Wildman–Crippen LogP) is 35.4. The van der Waals surface area contributed by atoms with Crippen LogP contribution >= 0.6 is 0 Å². The van der Waals surface area contributed by atoms with Gasteiger partial charge in [0.15, 0.2) is 0 Å². The van der Waals surface area contributed by atoms with E-state index >= 15 is 0 Å². The first-order valence-electron chi connectivity index (χ1n) is 44.5. The molecule has 120 heavy (non-hydrogen) atoms. The maximum Gasteiger partial charge on any atom is -0.00000152 e. The number of benzene rings is 15. The summed E-state index contributed by atoms with van der Waals surface area (Å²) >= 11 is 0. The minimum absolute atomic E-state index is 0.119.